The van der Waals surface area contributed by atoms with Crippen molar-refractivity contribution in [2.45, 2.75) is 19.5 Å². The van der Waals surface area contributed by atoms with Crippen molar-refractivity contribution in [2.24, 2.45) is 5.92 Å². The van der Waals surface area contributed by atoms with Crippen LogP contribution in [0.3, 0.4) is 0 Å². The van der Waals surface area contributed by atoms with E-state index in [-0.39, 0.29) is 42.5 Å². The lowest BCUT2D eigenvalue weighted by molar-refractivity contribution is -0.141. The second-order valence-electron chi connectivity index (χ2n) is 6.10. The molecule has 0 spiro atoms. The van der Waals surface area contributed by atoms with Gasteiger partial charge in [0, 0.05) is 13.1 Å². The summed E-state index contributed by atoms with van der Waals surface area (Å²) in [6.45, 7) is 1.72. The minimum atomic E-state index is -4.61. The average Bonchev–Trinajstić information content (AvgIpc) is 3.23. The standard InChI is InChI=1S/C16H15F3N4O4/c1-8-20-13(27-22-8)11-3-2-10(16(17,18)19)6-12(11)21-15(26)23-5-4-9(7-23)14(24)25/h2-3,6,9H,4-5,7H2,1H3,(H,21,26)(H,24,25). The van der Waals surface area contributed by atoms with Crippen LogP contribution in [-0.4, -0.2) is 45.2 Å². The van der Waals surface area contributed by atoms with Crippen molar-refractivity contribution in [2.75, 3.05) is 18.4 Å². The number of benzene rings is 1. The summed E-state index contributed by atoms with van der Waals surface area (Å²) in [5.74, 6) is -1.48. The molecule has 2 aromatic rings. The number of amides is 2. The topological polar surface area (TPSA) is 109 Å². The molecule has 3 rings (SSSR count). The molecule has 1 atom stereocenters. The first-order valence-electron chi connectivity index (χ1n) is 7.96. The van der Waals surface area contributed by atoms with Gasteiger partial charge >= 0.3 is 18.2 Å². The fourth-order valence-electron chi connectivity index (χ4n) is 2.76. The van der Waals surface area contributed by atoms with E-state index in [0.717, 1.165) is 18.2 Å². The molecule has 0 bridgehead atoms. The fraction of sp³-hybridized carbons (Fsp3) is 0.375. The van der Waals surface area contributed by atoms with Crippen LogP contribution in [0.1, 0.15) is 17.8 Å². The highest BCUT2D eigenvalue weighted by Gasteiger charge is 2.33. The molecular formula is C16H15F3N4O4. The van der Waals surface area contributed by atoms with Gasteiger partial charge in [0.15, 0.2) is 5.82 Å². The average molecular weight is 384 g/mol. The number of alkyl halides is 3. The SMILES string of the molecule is Cc1noc(-c2ccc(C(F)(F)F)cc2NC(=O)N2CCC(C(=O)O)C2)n1. The number of nitrogens with zero attached hydrogens (tertiary/aromatic N) is 3. The highest BCUT2D eigenvalue weighted by Crippen LogP contribution is 2.35. The summed E-state index contributed by atoms with van der Waals surface area (Å²) in [6.07, 6.45) is -4.33. The molecule has 2 N–H and O–H groups in total. The van der Waals surface area contributed by atoms with Crippen LogP contribution in [0.4, 0.5) is 23.7 Å². The van der Waals surface area contributed by atoms with Gasteiger partial charge < -0.3 is 19.8 Å². The number of halogens is 3. The minimum Gasteiger partial charge on any atom is -0.481 e. The number of likely N-dealkylation sites (tertiary alicyclic amines) is 1. The molecule has 27 heavy (non-hydrogen) atoms. The largest absolute Gasteiger partial charge is 0.481 e. The van der Waals surface area contributed by atoms with E-state index in [9.17, 15) is 22.8 Å². The van der Waals surface area contributed by atoms with E-state index < -0.39 is 29.7 Å². The zero-order valence-electron chi connectivity index (χ0n) is 14.1. The predicted molar refractivity (Wildman–Crippen MR) is 85.8 cm³/mol. The van der Waals surface area contributed by atoms with Crippen LogP contribution in [0, 0.1) is 12.8 Å². The maximum Gasteiger partial charge on any atom is 0.416 e. The zero-order chi connectivity index (χ0) is 19.8. The Kier molecular flexibility index (Phi) is 4.77. The normalized spacial score (nSPS) is 17.2. The van der Waals surface area contributed by atoms with Gasteiger partial charge in [0.25, 0.3) is 5.89 Å². The van der Waals surface area contributed by atoms with Gasteiger partial charge in [0.1, 0.15) is 0 Å². The van der Waals surface area contributed by atoms with Crippen molar-refractivity contribution in [1.82, 2.24) is 15.0 Å². The molecule has 1 aliphatic heterocycles. The van der Waals surface area contributed by atoms with Crippen molar-refractivity contribution < 1.29 is 32.4 Å². The number of carboxylic acids is 1. The van der Waals surface area contributed by atoms with E-state index in [1.807, 2.05) is 0 Å². The first-order valence-corrected chi connectivity index (χ1v) is 7.96. The Morgan fingerprint density at radius 1 is 1.37 bits per heavy atom. The first-order chi connectivity index (χ1) is 12.6. The third kappa shape index (κ3) is 4.01. The molecule has 1 aliphatic rings. The number of anilines is 1. The number of urea groups is 1. The number of carbonyl (C=O) groups excluding carboxylic acids is 1. The van der Waals surface area contributed by atoms with Gasteiger partial charge in [-0.1, -0.05) is 5.16 Å². The lowest BCUT2D eigenvalue weighted by atomic mass is 10.1. The third-order valence-electron chi connectivity index (χ3n) is 4.17. The number of aliphatic carboxylic acids is 1. The Labute approximate surface area is 151 Å². The van der Waals surface area contributed by atoms with Crippen molar-refractivity contribution in [3.05, 3.63) is 29.6 Å². The second-order valence-corrected chi connectivity index (χ2v) is 6.10. The number of aromatic nitrogens is 2. The lowest BCUT2D eigenvalue weighted by Crippen LogP contribution is -2.34. The van der Waals surface area contributed by atoms with Crippen LogP contribution >= 0.6 is 0 Å². The van der Waals surface area contributed by atoms with Crippen LogP contribution in [0.15, 0.2) is 22.7 Å². The van der Waals surface area contributed by atoms with E-state index in [0.29, 0.717) is 0 Å². The molecule has 1 aromatic carbocycles. The summed E-state index contributed by atoms with van der Waals surface area (Å²) >= 11 is 0. The molecular weight excluding hydrogens is 369 g/mol. The van der Waals surface area contributed by atoms with Crippen LogP contribution < -0.4 is 5.32 Å². The van der Waals surface area contributed by atoms with Gasteiger partial charge in [0.05, 0.1) is 22.7 Å². The minimum absolute atomic E-state index is 0.0187. The summed E-state index contributed by atoms with van der Waals surface area (Å²) in [7, 11) is 0. The Bertz CT molecular complexity index is 881. The quantitative estimate of drug-likeness (QED) is 0.842. The van der Waals surface area contributed by atoms with Crippen LogP contribution in [0.2, 0.25) is 0 Å². The Morgan fingerprint density at radius 2 is 2.11 bits per heavy atom. The van der Waals surface area contributed by atoms with E-state index in [1.165, 1.54) is 4.90 Å². The number of hydrogen-bond donors (Lipinski definition) is 2. The molecule has 2 amide bonds. The number of hydrogen-bond acceptors (Lipinski definition) is 5. The molecule has 0 radical (unpaired) electrons. The molecule has 11 heteroatoms. The molecule has 1 saturated heterocycles. The van der Waals surface area contributed by atoms with Gasteiger partial charge in [-0.3, -0.25) is 4.79 Å². The molecule has 0 aliphatic carbocycles. The van der Waals surface area contributed by atoms with Crippen LogP contribution in [-0.2, 0) is 11.0 Å². The van der Waals surface area contributed by atoms with Crippen LogP contribution in [0.5, 0.6) is 0 Å². The highest BCUT2D eigenvalue weighted by molar-refractivity contribution is 5.94. The molecule has 0 saturated carbocycles. The third-order valence-corrected chi connectivity index (χ3v) is 4.17. The maximum absolute atomic E-state index is 13.0. The van der Waals surface area contributed by atoms with E-state index >= 15 is 0 Å². The number of nitrogens with one attached hydrogen (secondary N) is 1. The monoisotopic (exact) mass is 384 g/mol. The summed E-state index contributed by atoms with van der Waals surface area (Å²) < 4.78 is 44.1. The molecule has 1 aromatic heterocycles. The highest BCUT2D eigenvalue weighted by atomic mass is 19.4. The van der Waals surface area contributed by atoms with Crippen molar-refractivity contribution in [1.29, 1.82) is 0 Å². The number of carbonyl (C=O) groups is 2. The summed E-state index contributed by atoms with van der Waals surface area (Å²) in [5.41, 5.74) is -0.981. The predicted octanol–water partition coefficient (Wildman–Crippen LogP) is 3.00. The lowest BCUT2D eigenvalue weighted by Gasteiger charge is -2.18. The van der Waals surface area contributed by atoms with Gasteiger partial charge in [-0.05, 0) is 31.5 Å². The van der Waals surface area contributed by atoms with Gasteiger partial charge in [-0.15, -0.1) is 0 Å². The van der Waals surface area contributed by atoms with Gasteiger partial charge in [-0.25, -0.2) is 4.79 Å². The summed E-state index contributed by atoms with van der Waals surface area (Å²) in [6, 6.07) is 2.06. The molecule has 2 heterocycles. The fourth-order valence-corrected chi connectivity index (χ4v) is 2.76. The molecule has 1 fully saturated rings. The number of rotatable bonds is 3. The van der Waals surface area contributed by atoms with Gasteiger partial charge in [0.2, 0.25) is 0 Å². The van der Waals surface area contributed by atoms with E-state index in [2.05, 4.69) is 15.5 Å². The van der Waals surface area contributed by atoms with Crippen molar-refractivity contribution in [3.63, 3.8) is 0 Å². The summed E-state index contributed by atoms with van der Waals surface area (Å²) in [4.78, 5) is 28.6. The van der Waals surface area contributed by atoms with Crippen molar-refractivity contribution >= 4 is 17.7 Å². The van der Waals surface area contributed by atoms with Gasteiger partial charge in [-0.2, -0.15) is 18.2 Å². The maximum atomic E-state index is 13.0. The first kappa shape index (κ1) is 18.7. The Balaban J connectivity index is 1.90. The number of carboxylic acid groups (broad SMARTS) is 1. The smallest absolute Gasteiger partial charge is 0.416 e. The number of aryl methyl sites for hydroxylation is 1. The van der Waals surface area contributed by atoms with E-state index in [4.69, 9.17) is 9.63 Å². The zero-order valence-corrected chi connectivity index (χ0v) is 14.1. The van der Waals surface area contributed by atoms with E-state index in [1.54, 1.807) is 6.92 Å². The van der Waals surface area contributed by atoms with Crippen molar-refractivity contribution in [3.8, 4) is 11.5 Å². The molecule has 144 valence electrons. The summed E-state index contributed by atoms with van der Waals surface area (Å²) in [5, 5.41) is 15.0. The van der Waals surface area contributed by atoms with Crippen LogP contribution in [0.25, 0.3) is 11.5 Å². The second kappa shape index (κ2) is 6.89. The Morgan fingerprint density at radius 3 is 2.67 bits per heavy atom. The molecule has 8 nitrogen and oxygen atoms in total. The Hall–Kier alpha value is -3.11. The molecule has 1 unspecified atom stereocenters.